The molecule has 1 aromatic rings. The number of halogens is 1. The number of hydrogen-bond donors (Lipinski definition) is 1. The number of pyridine rings is 1. The van der Waals surface area contributed by atoms with Crippen molar-refractivity contribution in [1.82, 2.24) is 10.3 Å². The van der Waals surface area contributed by atoms with Crippen LogP contribution in [0, 0.1) is 0 Å². The van der Waals surface area contributed by atoms with Crippen molar-refractivity contribution in [3.8, 4) is 0 Å². The van der Waals surface area contributed by atoms with Crippen molar-refractivity contribution < 1.29 is 9.00 Å². The van der Waals surface area contributed by atoms with E-state index in [1.807, 2.05) is 6.92 Å². The second-order valence-electron chi connectivity index (χ2n) is 3.81. The summed E-state index contributed by atoms with van der Waals surface area (Å²) in [5.41, 5.74) is 0.566. The maximum absolute atomic E-state index is 11.8. The minimum Gasteiger partial charge on any atom is -0.350 e. The Morgan fingerprint density at radius 2 is 2.35 bits per heavy atom. The average molecular weight is 319 g/mol. The molecular weight excluding hydrogens is 304 g/mol. The van der Waals surface area contributed by atoms with Crippen molar-refractivity contribution in [3.05, 3.63) is 28.5 Å². The third-order valence-corrected chi connectivity index (χ3v) is 3.45. The normalized spacial score (nSPS) is 14.1. The minimum absolute atomic E-state index is 0.0124. The first-order valence-electron chi connectivity index (χ1n) is 5.21. The van der Waals surface area contributed by atoms with Crippen molar-refractivity contribution >= 4 is 32.6 Å². The van der Waals surface area contributed by atoms with Gasteiger partial charge in [0.05, 0.1) is 0 Å². The van der Waals surface area contributed by atoms with E-state index >= 15 is 0 Å². The Bertz CT molecular complexity index is 426. The number of aromatic nitrogens is 1. The quantitative estimate of drug-likeness (QED) is 0.841. The van der Waals surface area contributed by atoms with Gasteiger partial charge in [-0.3, -0.25) is 9.00 Å². The molecule has 0 aliphatic rings. The molecule has 2 unspecified atom stereocenters. The maximum Gasteiger partial charge on any atom is 0.251 e. The number of carbonyl (C=O) groups is 1. The van der Waals surface area contributed by atoms with Crippen LogP contribution in [0.15, 0.2) is 22.9 Å². The lowest BCUT2D eigenvalue weighted by Crippen LogP contribution is -2.33. The van der Waals surface area contributed by atoms with Crippen LogP contribution in [0.3, 0.4) is 0 Å². The van der Waals surface area contributed by atoms with E-state index in [0.717, 1.165) is 0 Å². The summed E-state index contributed by atoms with van der Waals surface area (Å²) >= 11 is 3.22. The summed E-state index contributed by atoms with van der Waals surface area (Å²) < 4.78 is 11.6. The van der Waals surface area contributed by atoms with Gasteiger partial charge in [0.25, 0.3) is 5.91 Å². The molecule has 0 bridgehead atoms. The fraction of sp³-hybridized carbons (Fsp3) is 0.455. The first-order chi connectivity index (χ1) is 7.99. The molecule has 4 nitrogen and oxygen atoms in total. The Balaban J connectivity index is 2.51. The molecule has 0 aliphatic carbocycles. The molecule has 0 saturated carbocycles. The molecule has 94 valence electrons. The van der Waals surface area contributed by atoms with Gasteiger partial charge in [-0.1, -0.05) is 0 Å². The van der Waals surface area contributed by atoms with Crippen molar-refractivity contribution in [1.29, 1.82) is 0 Å². The Morgan fingerprint density at radius 3 is 2.94 bits per heavy atom. The van der Waals surface area contributed by atoms with E-state index in [4.69, 9.17) is 0 Å². The van der Waals surface area contributed by atoms with Gasteiger partial charge < -0.3 is 5.32 Å². The van der Waals surface area contributed by atoms with Gasteiger partial charge in [0, 0.05) is 40.6 Å². The molecule has 2 atom stereocenters. The Labute approximate surface area is 112 Å². The molecule has 1 amide bonds. The fourth-order valence-corrected chi connectivity index (χ4v) is 2.32. The molecule has 0 aromatic carbocycles. The first kappa shape index (κ1) is 14.3. The molecule has 1 heterocycles. The van der Waals surface area contributed by atoms with Gasteiger partial charge in [-0.15, -0.1) is 0 Å². The predicted molar refractivity (Wildman–Crippen MR) is 72.4 cm³/mol. The lowest BCUT2D eigenvalue weighted by molar-refractivity contribution is 0.0939. The highest BCUT2D eigenvalue weighted by Gasteiger charge is 2.10. The summed E-state index contributed by atoms with van der Waals surface area (Å²) in [4.78, 5) is 15.8. The lowest BCUT2D eigenvalue weighted by Gasteiger charge is -2.13. The molecule has 0 radical (unpaired) electrons. The zero-order chi connectivity index (χ0) is 12.8. The van der Waals surface area contributed by atoms with Crippen LogP contribution in [0.25, 0.3) is 0 Å². The monoisotopic (exact) mass is 318 g/mol. The van der Waals surface area contributed by atoms with Crippen LogP contribution in [0.1, 0.15) is 23.7 Å². The van der Waals surface area contributed by atoms with Crippen LogP contribution in [-0.4, -0.2) is 33.2 Å². The van der Waals surface area contributed by atoms with Crippen LogP contribution in [-0.2, 0) is 10.8 Å². The molecule has 1 aromatic heterocycles. The van der Waals surface area contributed by atoms with Gasteiger partial charge in [-0.2, -0.15) is 0 Å². The van der Waals surface area contributed by atoms with E-state index in [1.54, 1.807) is 24.6 Å². The van der Waals surface area contributed by atoms with Crippen molar-refractivity contribution in [2.75, 3.05) is 12.0 Å². The van der Waals surface area contributed by atoms with Crippen molar-refractivity contribution in [2.24, 2.45) is 0 Å². The highest BCUT2D eigenvalue weighted by atomic mass is 79.9. The summed E-state index contributed by atoms with van der Waals surface area (Å²) in [6, 6.07) is 3.34. The summed E-state index contributed by atoms with van der Waals surface area (Å²) in [7, 11) is -0.818. The standard InChI is InChI=1S/C11H15BrN2O2S/c1-8(4-6-17(2)16)14-11(15)9-3-5-13-10(12)7-9/h3,5,7-8H,4,6H2,1-2H3,(H,14,15). The van der Waals surface area contributed by atoms with Crippen LogP contribution in [0.5, 0.6) is 0 Å². The van der Waals surface area contributed by atoms with Crippen molar-refractivity contribution in [3.63, 3.8) is 0 Å². The summed E-state index contributed by atoms with van der Waals surface area (Å²) in [5.74, 6) is 0.462. The SMILES string of the molecule is CC(CCS(C)=O)NC(=O)c1ccnc(Br)c1. The van der Waals surface area contributed by atoms with Crippen LogP contribution in [0.2, 0.25) is 0 Å². The topological polar surface area (TPSA) is 59.1 Å². The second-order valence-corrected chi connectivity index (χ2v) is 6.17. The lowest BCUT2D eigenvalue weighted by atomic mass is 10.2. The van der Waals surface area contributed by atoms with Gasteiger partial charge >= 0.3 is 0 Å². The van der Waals surface area contributed by atoms with Gasteiger partial charge in [-0.05, 0) is 41.4 Å². The molecule has 1 N–H and O–H groups in total. The Kier molecular flexibility index (Phi) is 5.77. The van der Waals surface area contributed by atoms with E-state index in [0.29, 0.717) is 22.3 Å². The third kappa shape index (κ3) is 5.41. The number of carbonyl (C=O) groups excluding carboxylic acids is 1. The first-order valence-corrected chi connectivity index (χ1v) is 7.73. The molecule has 1 rings (SSSR count). The predicted octanol–water partition coefficient (Wildman–Crippen LogP) is 1.73. The van der Waals surface area contributed by atoms with Gasteiger partial charge in [0.2, 0.25) is 0 Å². The molecule has 6 heteroatoms. The highest BCUT2D eigenvalue weighted by molar-refractivity contribution is 9.10. The molecule has 0 fully saturated rings. The number of nitrogens with one attached hydrogen (secondary N) is 1. The number of hydrogen-bond acceptors (Lipinski definition) is 3. The smallest absolute Gasteiger partial charge is 0.251 e. The second kappa shape index (κ2) is 6.86. The zero-order valence-electron chi connectivity index (χ0n) is 9.77. The number of rotatable bonds is 5. The van der Waals surface area contributed by atoms with Crippen molar-refractivity contribution in [2.45, 2.75) is 19.4 Å². The minimum atomic E-state index is -0.818. The number of amides is 1. The summed E-state index contributed by atoms with van der Waals surface area (Å²) in [6.45, 7) is 1.90. The van der Waals surface area contributed by atoms with Crippen LogP contribution < -0.4 is 5.32 Å². The summed E-state index contributed by atoms with van der Waals surface area (Å²) in [5, 5.41) is 2.86. The van der Waals surface area contributed by atoms with E-state index < -0.39 is 10.8 Å². The fourth-order valence-electron chi connectivity index (χ4n) is 1.27. The Hall–Kier alpha value is -0.750. The van der Waals surface area contributed by atoms with Crippen LogP contribution in [0.4, 0.5) is 0 Å². The van der Waals surface area contributed by atoms with Gasteiger partial charge in [-0.25, -0.2) is 4.98 Å². The van der Waals surface area contributed by atoms with E-state index in [9.17, 15) is 9.00 Å². The average Bonchev–Trinajstić information content (AvgIpc) is 2.26. The van der Waals surface area contributed by atoms with Gasteiger partial charge in [0.1, 0.15) is 4.60 Å². The third-order valence-electron chi connectivity index (χ3n) is 2.20. The highest BCUT2D eigenvalue weighted by Crippen LogP contribution is 2.08. The molecular formula is C11H15BrN2O2S. The Morgan fingerprint density at radius 1 is 1.65 bits per heavy atom. The largest absolute Gasteiger partial charge is 0.350 e. The van der Waals surface area contributed by atoms with Gasteiger partial charge in [0.15, 0.2) is 0 Å². The van der Waals surface area contributed by atoms with Crippen LogP contribution >= 0.6 is 15.9 Å². The summed E-state index contributed by atoms with van der Waals surface area (Å²) in [6.07, 6.45) is 3.94. The molecule has 0 aliphatic heterocycles. The molecule has 17 heavy (non-hydrogen) atoms. The number of nitrogens with zero attached hydrogens (tertiary/aromatic N) is 1. The molecule has 0 saturated heterocycles. The van der Waals surface area contributed by atoms with E-state index in [1.165, 1.54) is 0 Å². The maximum atomic E-state index is 11.8. The zero-order valence-corrected chi connectivity index (χ0v) is 12.2. The molecule has 0 spiro atoms. The van der Waals surface area contributed by atoms with E-state index in [2.05, 4.69) is 26.2 Å². The van der Waals surface area contributed by atoms with E-state index in [-0.39, 0.29) is 11.9 Å².